The molecule has 0 heterocycles. The van der Waals surface area contributed by atoms with Crippen LogP contribution in [0, 0.1) is 0 Å². The maximum absolute atomic E-state index is 5.41. The third-order valence-electron chi connectivity index (χ3n) is 0.540. The summed E-state index contributed by atoms with van der Waals surface area (Å²) in [7, 11) is 0. The van der Waals surface area contributed by atoms with Crippen molar-refractivity contribution in [2.24, 2.45) is 0 Å². The molecule has 0 spiro atoms. The van der Waals surface area contributed by atoms with Gasteiger partial charge in [0, 0.05) is 0 Å². The molecule has 0 aromatic heterocycles. The lowest BCUT2D eigenvalue weighted by Gasteiger charge is -1.94. The molecule has 0 radical (unpaired) electrons. The van der Waals surface area contributed by atoms with Crippen molar-refractivity contribution in [3.05, 3.63) is 0 Å². The van der Waals surface area contributed by atoms with Crippen LogP contribution in [0.15, 0.2) is 0 Å². The average Bonchev–Trinajstić information content (AvgIpc) is 1.61. The van der Waals surface area contributed by atoms with Crippen molar-refractivity contribution in [2.45, 2.75) is 11.3 Å². The second-order valence-corrected chi connectivity index (χ2v) is 3.44. The van der Waals surface area contributed by atoms with Crippen LogP contribution in [0.2, 0.25) is 0 Å². The normalized spacial score (nSPS) is 10.3. The molecule has 0 aromatic rings. The Labute approximate surface area is 58.6 Å². The summed E-state index contributed by atoms with van der Waals surface area (Å²) in [5.41, 5.74) is 0. The van der Waals surface area contributed by atoms with Gasteiger partial charge in [0.2, 0.25) is 0 Å². The van der Waals surface area contributed by atoms with E-state index in [2.05, 4.69) is 0 Å². The van der Waals surface area contributed by atoms with E-state index in [0.29, 0.717) is 0 Å². The zero-order chi connectivity index (χ0) is 5.70. The van der Waals surface area contributed by atoms with Gasteiger partial charge in [-0.1, -0.05) is 0 Å². The SMILES string of the molecule is CSCCC(Cl)Cl. The topological polar surface area (TPSA) is 0 Å². The molecule has 0 atom stereocenters. The van der Waals surface area contributed by atoms with Gasteiger partial charge in [-0.3, -0.25) is 0 Å². The minimum atomic E-state index is -0.174. The zero-order valence-corrected chi connectivity index (χ0v) is 6.48. The monoisotopic (exact) mass is 158 g/mol. The summed E-state index contributed by atoms with van der Waals surface area (Å²) >= 11 is 12.6. The summed E-state index contributed by atoms with van der Waals surface area (Å²) in [6.07, 6.45) is 2.93. The highest BCUT2D eigenvalue weighted by molar-refractivity contribution is 7.98. The lowest BCUT2D eigenvalue weighted by molar-refractivity contribution is 1.06. The lowest BCUT2D eigenvalue weighted by atomic mass is 10.6. The van der Waals surface area contributed by atoms with E-state index in [-0.39, 0.29) is 4.84 Å². The van der Waals surface area contributed by atoms with Gasteiger partial charge in [-0.25, -0.2) is 0 Å². The van der Waals surface area contributed by atoms with Crippen LogP contribution in [-0.2, 0) is 0 Å². The number of alkyl halides is 2. The van der Waals surface area contributed by atoms with Gasteiger partial charge in [0.1, 0.15) is 4.84 Å². The molecule has 0 unspecified atom stereocenters. The van der Waals surface area contributed by atoms with E-state index in [4.69, 9.17) is 23.2 Å². The summed E-state index contributed by atoms with van der Waals surface area (Å²) in [4.78, 5) is -0.174. The molecule has 0 nitrogen and oxygen atoms in total. The first-order valence-electron chi connectivity index (χ1n) is 2.04. The fourth-order valence-electron chi connectivity index (χ4n) is 0.207. The highest BCUT2D eigenvalue weighted by Crippen LogP contribution is 2.09. The van der Waals surface area contributed by atoms with Gasteiger partial charge in [0.15, 0.2) is 0 Å². The van der Waals surface area contributed by atoms with Crippen molar-refractivity contribution in [2.75, 3.05) is 12.0 Å². The Kier molecular flexibility index (Phi) is 5.75. The van der Waals surface area contributed by atoms with Crippen LogP contribution < -0.4 is 0 Å². The minimum absolute atomic E-state index is 0.174. The van der Waals surface area contributed by atoms with Gasteiger partial charge in [-0.15, -0.1) is 23.2 Å². The summed E-state index contributed by atoms with van der Waals surface area (Å²) in [5, 5.41) is 0. The molecule has 0 aromatic carbocycles. The first kappa shape index (κ1) is 7.93. The molecule has 0 amide bonds. The highest BCUT2D eigenvalue weighted by Gasteiger charge is 1.94. The molecule has 0 aliphatic rings. The van der Waals surface area contributed by atoms with Crippen LogP contribution in [0.25, 0.3) is 0 Å². The molecule has 0 aliphatic heterocycles. The Bertz CT molecular complexity index is 38.7. The number of hydrogen-bond donors (Lipinski definition) is 0. The number of thioether (sulfide) groups is 1. The Balaban J connectivity index is 2.68. The molecular formula is C4H8Cl2S. The molecule has 0 rings (SSSR count). The molecule has 0 saturated heterocycles. The molecular weight excluding hydrogens is 151 g/mol. The summed E-state index contributed by atoms with van der Waals surface area (Å²) in [6.45, 7) is 0. The third-order valence-corrected chi connectivity index (χ3v) is 1.62. The van der Waals surface area contributed by atoms with Gasteiger partial charge < -0.3 is 0 Å². The molecule has 0 fully saturated rings. The summed E-state index contributed by atoms with van der Waals surface area (Å²) in [5.74, 6) is 1.05. The minimum Gasteiger partial charge on any atom is -0.165 e. The van der Waals surface area contributed by atoms with Crippen molar-refractivity contribution in [1.29, 1.82) is 0 Å². The van der Waals surface area contributed by atoms with Crippen LogP contribution in [0.1, 0.15) is 6.42 Å². The Morgan fingerprint density at radius 2 is 2.14 bits per heavy atom. The molecule has 0 saturated carbocycles. The van der Waals surface area contributed by atoms with E-state index in [1.165, 1.54) is 0 Å². The Morgan fingerprint density at radius 1 is 1.57 bits per heavy atom. The number of rotatable bonds is 3. The maximum Gasteiger partial charge on any atom is 0.108 e. The predicted molar refractivity (Wildman–Crippen MR) is 38.5 cm³/mol. The smallest absolute Gasteiger partial charge is 0.108 e. The lowest BCUT2D eigenvalue weighted by Crippen LogP contribution is -1.87. The van der Waals surface area contributed by atoms with Gasteiger partial charge >= 0.3 is 0 Å². The van der Waals surface area contributed by atoms with Crippen LogP contribution in [-0.4, -0.2) is 16.8 Å². The highest BCUT2D eigenvalue weighted by atomic mass is 35.5. The average molecular weight is 159 g/mol. The standard InChI is InChI=1S/C4H8Cl2S/c1-7-3-2-4(5)6/h4H,2-3H2,1H3. The van der Waals surface area contributed by atoms with Crippen LogP contribution >= 0.6 is 35.0 Å². The largest absolute Gasteiger partial charge is 0.165 e. The van der Waals surface area contributed by atoms with Gasteiger partial charge in [-0.05, 0) is 18.4 Å². The number of halogens is 2. The Morgan fingerprint density at radius 3 is 2.29 bits per heavy atom. The molecule has 3 heteroatoms. The van der Waals surface area contributed by atoms with E-state index < -0.39 is 0 Å². The molecule has 7 heavy (non-hydrogen) atoms. The van der Waals surface area contributed by atoms with Crippen molar-refractivity contribution in [3.63, 3.8) is 0 Å². The zero-order valence-electron chi connectivity index (χ0n) is 4.16. The van der Waals surface area contributed by atoms with Crippen molar-refractivity contribution < 1.29 is 0 Å². The van der Waals surface area contributed by atoms with Crippen LogP contribution in [0.4, 0.5) is 0 Å². The second-order valence-electron chi connectivity index (χ2n) is 1.17. The predicted octanol–water partition coefficient (Wildman–Crippen LogP) is 2.54. The van der Waals surface area contributed by atoms with E-state index in [1.807, 2.05) is 6.26 Å². The summed E-state index contributed by atoms with van der Waals surface area (Å²) < 4.78 is 0. The molecule has 0 N–H and O–H groups in total. The fourth-order valence-corrected chi connectivity index (χ4v) is 1.16. The maximum atomic E-state index is 5.41. The fraction of sp³-hybridized carbons (Fsp3) is 1.00. The van der Waals surface area contributed by atoms with Gasteiger partial charge in [0.05, 0.1) is 0 Å². The van der Waals surface area contributed by atoms with Crippen LogP contribution in [0.3, 0.4) is 0 Å². The van der Waals surface area contributed by atoms with E-state index in [1.54, 1.807) is 11.8 Å². The van der Waals surface area contributed by atoms with Crippen molar-refractivity contribution in [3.8, 4) is 0 Å². The molecule has 0 bridgehead atoms. The second kappa shape index (κ2) is 5.07. The van der Waals surface area contributed by atoms with E-state index in [9.17, 15) is 0 Å². The molecule has 44 valence electrons. The van der Waals surface area contributed by atoms with Crippen molar-refractivity contribution in [1.82, 2.24) is 0 Å². The Hall–Kier alpha value is 0.930. The number of hydrogen-bond acceptors (Lipinski definition) is 1. The summed E-state index contributed by atoms with van der Waals surface area (Å²) in [6, 6.07) is 0. The van der Waals surface area contributed by atoms with Gasteiger partial charge in [0.25, 0.3) is 0 Å². The molecule has 0 aliphatic carbocycles. The van der Waals surface area contributed by atoms with E-state index in [0.717, 1.165) is 12.2 Å². The van der Waals surface area contributed by atoms with E-state index >= 15 is 0 Å². The van der Waals surface area contributed by atoms with Gasteiger partial charge in [-0.2, -0.15) is 11.8 Å². The quantitative estimate of drug-likeness (QED) is 0.570. The third kappa shape index (κ3) is 6.93. The first-order chi connectivity index (χ1) is 3.27. The van der Waals surface area contributed by atoms with Crippen molar-refractivity contribution >= 4 is 35.0 Å². The van der Waals surface area contributed by atoms with Crippen LogP contribution in [0.5, 0.6) is 0 Å². The first-order valence-corrected chi connectivity index (χ1v) is 4.31.